The largest absolute Gasteiger partial charge is 0.343 e. The van der Waals surface area contributed by atoms with E-state index < -0.39 is 11.1 Å². The number of nitrogens with zero attached hydrogens (tertiary/aromatic N) is 4. The zero-order valence-electron chi connectivity index (χ0n) is 20.1. The molecule has 0 aliphatic heterocycles. The van der Waals surface area contributed by atoms with Gasteiger partial charge in [-0.05, 0) is 51.4 Å². The molecule has 0 bridgehead atoms. The molecule has 0 unspecified atom stereocenters. The Morgan fingerprint density at radius 3 is 1.35 bits per heavy atom. The van der Waals surface area contributed by atoms with Gasteiger partial charge in [0.15, 0.2) is 11.6 Å². The first-order valence-electron chi connectivity index (χ1n) is 12.6. The maximum absolute atomic E-state index is 13.2. The minimum atomic E-state index is -0.527. The van der Waals surface area contributed by atoms with Crippen molar-refractivity contribution >= 4 is 11.8 Å². The fraction of sp³-hybridized carbons (Fsp3) is 0.750. The van der Waals surface area contributed by atoms with Crippen LogP contribution in [0.4, 0.5) is 0 Å². The highest BCUT2D eigenvalue weighted by molar-refractivity contribution is 5.82. The molecule has 0 spiro atoms. The molecule has 3 fully saturated rings. The van der Waals surface area contributed by atoms with Crippen LogP contribution in [0.3, 0.4) is 0 Å². The van der Waals surface area contributed by atoms with Crippen molar-refractivity contribution in [3.05, 3.63) is 23.4 Å². The van der Waals surface area contributed by atoms with Gasteiger partial charge in [0.05, 0.1) is 0 Å². The van der Waals surface area contributed by atoms with E-state index in [0.717, 1.165) is 51.4 Å². The lowest BCUT2D eigenvalue weighted by atomic mass is 9.80. The highest BCUT2D eigenvalue weighted by Gasteiger charge is 2.45. The van der Waals surface area contributed by atoms with Crippen LogP contribution in [0, 0.1) is 25.7 Å². The van der Waals surface area contributed by atoms with Gasteiger partial charge >= 0.3 is 0 Å². The summed E-state index contributed by atoms with van der Waals surface area (Å²) in [5, 5.41) is 14.8. The Hall–Kier alpha value is -2.78. The number of nitrogens with one attached hydrogen (secondary N) is 2. The minimum absolute atomic E-state index is 0.0396. The fourth-order valence-corrected chi connectivity index (χ4v) is 6.05. The molecule has 34 heavy (non-hydrogen) atoms. The van der Waals surface area contributed by atoms with E-state index in [1.54, 1.807) is 13.8 Å². The number of hydrogen-bond donors (Lipinski definition) is 2. The van der Waals surface area contributed by atoms with E-state index in [-0.39, 0.29) is 23.7 Å². The second kappa shape index (κ2) is 9.11. The van der Waals surface area contributed by atoms with Crippen LogP contribution in [0.1, 0.15) is 100 Å². The van der Waals surface area contributed by atoms with Gasteiger partial charge in [-0.3, -0.25) is 9.59 Å². The molecule has 2 heterocycles. The van der Waals surface area contributed by atoms with Crippen molar-refractivity contribution in [2.24, 2.45) is 11.8 Å². The Bertz CT molecular complexity index is 944. The normalized spacial score (nSPS) is 25.8. The van der Waals surface area contributed by atoms with E-state index in [1.165, 1.54) is 0 Å². The molecule has 5 rings (SSSR count). The Morgan fingerprint density at radius 2 is 1.06 bits per heavy atom. The summed E-state index contributed by atoms with van der Waals surface area (Å²) < 4.78 is 10.4. The summed E-state index contributed by atoms with van der Waals surface area (Å²) in [5.41, 5.74) is -1.05. The topological polar surface area (TPSA) is 136 Å². The molecule has 2 aromatic heterocycles. The highest BCUT2D eigenvalue weighted by Crippen LogP contribution is 2.40. The summed E-state index contributed by atoms with van der Waals surface area (Å²) >= 11 is 0. The lowest BCUT2D eigenvalue weighted by Crippen LogP contribution is -2.49. The summed E-state index contributed by atoms with van der Waals surface area (Å²) in [6, 6.07) is 0. The second-order valence-corrected chi connectivity index (χ2v) is 10.4. The number of hydrogen-bond acceptors (Lipinski definition) is 8. The van der Waals surface area contributed by atoms with Gasteiger partial charge in [0.2, 0.25) is 23.6 Å². The van der Waals surface area contributed by atoms with Gasteiger partial charge in [-0.15, -0.1) is 0 Å². The molecule has 0 aromatic carbocycles. The van der Waals surface area contributed by atoms with Crippen LogP contribution in [0.5, 0.6) is 0 Å². The summed E-state index contributed by atoms with van der Waals surface area (Å²) in [6.45, 7) is 3.53. The highest BCUT2D eigenvalue weighted by atomic mass is 16.5. The molecule has 2 amide bonds. The third kappa shape index (κ3) is 4.34. The Kier molecular flexibility index (Phi) is 6.16. The first-order valence-corrected chi connectivity index (χ1v) is 12.6. The molecule has 0 saturated heterocycles. The lowest BCUT2D eigenvalue weighted by Gasteiger charge is -2.34. The van der Waals surface area contributed by atoms with E-state index >= 15 is 0 Å². The zero-order chi connectivity index (χ0) is 23.8. The van der Waals surface area contributed by atoms with Gasteiger partial charge in [0.25, 0.3) is 0 Å². The number of carbonyl (C=O) groups excluding carboxylic acids is 2. The lowest BCUT2D eigenvalue weighted by molar-refractivity contribution is -0.133. The van der Waals surface area contributed by atoms with E-state index in [2.05, 4.69) is 30.9 Å². The molecule has 10 nitrogen and oxygen atoms in total. The summed E-state index contributed by atoms with van der Waals surface area (Å²) in [5.74, 6) is 2.07. The van der Waals surface area contributed by atoms with Gasteiger partial charge in [-0.25, -0.2) is 0 Å². The quantitative estimate of drug-likeness (QED) is 0.656. The predicted molar refractivity (Wildman–Crippen MR) is 120 cm³/mol. The van der Waals surface area contributed by atoms with Crippen molar-refractivity contribution in [3.63, 3.8) is 0 Å². The number of amides is 2. The number of aryl methyl sites for hydroxylation is 2. The van der Waals surface area contributed by atoms with E-state index in [4.69, 9.17) is 9.05 Å². The number of carbonyl (C=O) groups is 2. The van der Waals surface area contributed by atoms with Crippen molar-refractivity contribution < 1.29 is 18.6 Å². The van der Waals surface area contributed by atoms with Gasteiger partial charge in [-0.1, -0.05) is 36.0 Å². The van der Waals surface area contributed by atoms with Gasteiger partial charge in [0.1, 0.15) is 11.1 Å². The molecule has 184 valence electrons. The molecule has 3 saturated carbocycles. The third-order valence-electron chi connectivity index (χ3n) is 8.02. The smallest absolute Gasteiger partial charge is 0.223 e. The predicted octanol–water partition coefficient (Wildman–Crippen LogP) is 3.35. The minimum Gasteiger partial charge on any atom is -0.343 e. The van der Waals surface area contributed by atoms with Crippen molar-refractivity contribution in [1.82, 2.24) is 30.9 Å². The number of aromatic nitrogens is 4. The van der Waals surface area contributed by atoms with Crippen molar-refractivity contribution in [2.45, 2.75) is 102 Å². The fourth-order valence-electron chi connectivity index (χ4n) is 6.05. The molecular weight excluding hydrogens is 436 g/mol. The third-order valence-corrected chi connectivity index (χ3v) is 8.02. The van der Waals surface area contributed by atoms with Crippen LogP contribution < -0.4 is 10.6 Å². The summed E-state index contributed by atoms with van der Waals surface area (Å²) in [6.07, 6.45) is 10.2. The van der Waals surface area contributed by atoms with Crippen molar-refractivity contribution in [3.8, 4) is 0 Å². The first kappa shape index (κ1) is 23.0. The summed E-state index contributed by atoms with van der Waals surface area (Å²) in [4.78, 5) is 35.3. The zero-order valence-corrected chi connectivity index (χ0v) is 20.1. The maximum Gasteiger partial charge on any atom is 0.223 e. The first-order chi connectivity index (χ1) is 16.4. The molecule has 3 aliphatic rings. The van der Waals surface area contributed by atoms with Crippen molar-refractivity contribution in [2.75, 3.05) is 0 Å². The van der Waals surface area contributed by atoms with Crippen LogP contribution in [0.15, 0.2) is 9.05 Å². The molecule has 3 aliphatic carbocycles. The standard InChI is InChI=1S/C24H34N6O4/c1-15-25-21(29-33-15)23(11-3-4-12-23)27-19(31)17-7-9-18(10-8-17)20(32)28-24(13-5-6-14-24)22-26-16(2)34-30-22/h17-18H,3-14H2,1-2H3,(H,27,31)(H,28,32). The van der Waals surface area contributed by atoms with Crippen LogP contribution in [0.2, 0.25) is 0 Å². The van der Waals surface area contributed by atoms with Crippen LogP contribution in [-0.4, -0.2) is 32.1 Å². The molecule has 2 aromatic rings. The number of rotatable bonds is 6. The SMILES string of the molecule is Cc1nc(C2(NC(=O)C3CCC(C(=O)NC4(c5noc(C)n5)CCCC4)CC3)CCCC2)no1. The molecule has 0 atom stereocenters. The second-order valence-electron chi connectivity index (χ2n) is 10.4. The average molecular weight is 471 g/mol. The summed E-state index contributed by atoms with van der Waals surface area (Å²) in [7, 11) is 0. The Balaban J connectivity index is 1.19. The van der Waals surface area contributed by atoms with E-state index in [0.29, 0.717) is 49.1 Å². The van der Waals surface area contributed by atoms with Crippen LogP contribution in [0.25, 0.3) is 0 Å². The van der Waals surface area contributed by atoms with Crippen LogP contribution >= 0.6 is 0 Å². The van der Waals surface area contributed by atoms with Gasteiger partial charge in [0, 0.05) is 25.7 Å². The Morgan fingerprint density at radius 1 is 0.706 bits per heavy atom. The molecule has 2 N–H and O–H groups in total. The van der Waals surface area contributed by atoms with Gasteiger partial charge < -0.3 is 19.7 Å². The molecular formula is C24H34N6O4. The monoisotopic (exact) mass is 470 g/mol. The molecule has 0 radical (unpaired) electrons. The average Bonchev–Trinajstić information content (AvgIpc) is 3.62. The van der Waals surface area contributed by atoms with Gasteiger partial charge in [-0.2, -0.15) is 9.97 Å². The molecule has 10 heteroatoms. The van der Waals surface area contributed by atoms with E-state index in [9.17, 15) is 9.59 Å². The van der Waals surface area contributed by atoms with E-state index in [1.807, 2.05) is 0 Å². The van der Waals surface area contributed by atoms with Crippen LogP contribution in [-0.2, 0) is 20.7 Å². The van der Waals surface area contributed by atoms with Crippen molar-refractivity contribution in [1.29, 1.82) is 0 Å². The maximum atomic E-state index is 13.2. The Labute approximate surface area is 199 Å².